The molecule has 126 valence electrons. The summed E-state index contributed by atoms with van der Waals surface area (Å²) in [7, 11) is 0. The molecule has 0 aliphatic rings. The Labute approximate surface area is 136 Å². The zero-order chi connectivity index (χ0) is 17.7. The quantitative estimate of drug-likeness (QED) is 0.770. The van der Waals surface area contributed by atoms with Crippen molar-refractivity contribution in [2.75, 3.05) is 0 Å². The first-order valence-corrected chi connectivity index (χ1v) is 6.81. The zero-order valence-electron chi connectivity index (χ0n) is 12.8. The maximum atomic E-state index is 12.5. The van der Waals surface area contributed by atoms with E-state index in [1.54, 1.807) is 26.0 Å². The van der Waals surface area contributed by atoms with Gasteiger partial charge in [0.1, 0.15) is 12.4 Å². The van der Waals surface area contributed by atoms with E-state index in [2.05, 4.69) is 9.72 Å². The van der Waals surface area contributed by atoms with Crippen molar-refractivity contribution in [3.63, 3.8) is 0 Å². The smallest absolute Gasteiger partial charge is 0.472 e. The number of pyridine rings is 1. The number of alkyl halides is 3. The summed E-state index contributed by atoms with van der Waals surface area (Å²) in [6.45, 7) is 3.21. The molecule has 0 atom stereocenters. The SMILES string of the molecule is Cc1ccc(C)c(OCc2c(OC#N)cccc2OC(F)(F)F)n1. The fourth-order valence-corrected chi connectivity index (χ4v) is 1.94. The zero-order valence-corrected chi connectivity index (χ0v) is 12.8. The molecule has 1 heterocycles. The van der Waals surface area contributed by atoms with Gasteiger partial charge in [0.2, 0.25) is 5.88 Å². The van der Waals surface area contributed by atoms with E-state index in [1.165, 1.54) is 18.4 Å². The van der Waals surface area contributed by atoms with Crippen LogP contribution in [-0.2, 0) is 6.61 Å². The summed E-state index contributed by atoms with van der Waals surface area (Å²) in [4.78, 5) is 4.18. The van der Waals surface area contributed by atoms with Crippen LogP contribution in [0, 0.1) is 25.4 Å². The van der Waals surface area contributed by atoms with Crippen LogP contribution in [0.25, 0.3) is 0 Å². The highest BCUT2D eigenvalue weighted by molar-refractivity contribution is 5.45. The van der Waals surface area contributed by atoms with Crippen LogP contribution < -0.4 is 14.2 Å². The van der Waals surface area contributed by atoms with E-state index in [4.69, 9.17) is 14.7 Å². The van der Waals surface area contributed by atoms with Crippen molar-refractivity contribution in [3.05, 3.63) is 47.2 Å². The van der Waals surface area contributed by atoms with Crippen molar-refractivity contribution in [2.45, 2.75) is 26.8 Å². The van der Waals surface area contributed by atoms with Gasteiger partial charge in [-0.1, -0.05) is 12.1 Å². The number of benzene rings is 1. The Morgan fingerprint density at radius 1 is 1.12 bits per heavy atom. The summed E-state index contributed by atoms with van der Waals surface area (Å²) in [5.41, 5.74) is 1.38. The first-order chi connectivity index (χ1) is 11.3. The van der Waals surface area contributed by atoms with Crippen LogP contribution in [0.3, 0.4) is 0 Å². The number of nitriles is 1. The lowest BCUT2D eigenvalue weighted by Gasteiger charge is -2.16. The predicted molar refractivity (Wildman–Crippen MR) is 77.4 cm³/mol. The second-order valence-corrected chi connectivity index (χ2v) is 4.84. The maximum Gasteiger partial charge on any atom is 0.573 e. The van der Waals surface area contributed by atoms with Gasteiger partial charge in [0, 0.05) is 11.3 Å². The Bertz CT molecular complexity index is 770. The summed E-state index contributed by atoms with van der Waals surface area (Å²) in [6.07, 6.45) is -3.45. The van der Waals surface area contributed by atoms with Crippen molar-refractivity contribution in [3.8, 4) is 23.6 Å². The largest absolute Gasteiger partial charge is 0.573 e. The van der Waals surface area contributed by atoms with E-state index >= 15 is 0 Å². The highest BCUT2D eigenvalue weighted by Gasteiger charge is 2.33. The second-order valence-electron chi connectivity index (χ2n) is 4.84. The molecule has 0 N–H and O–H groups in total. The van der Waals surface area contributed by atoms with E-state index < -0.39 is 12.1 Å². The van der Waals surface area contributed by atoms with Gasteiger partial charge in [-0.3, -0.25) is 0 Å². The fraction of sp³-hybridized carbons (Fsp3) is 0.250. The summed E-state index contributed by atoms with van der Waals surface area (Å²) >= 11 is 0. The van der Waals surface area contributed by atoms with Gasteiger partial charge in [0.25, 0.3) is 6.26 Å². The van der Waals surface area contributed by atoms with Gasteiger partial charge in [-0.15, -0.1) is 18.4 Å². The van der Waals surface area contributed by atoms with Gasteiger partial charge in [-0.25, -0.2) is 4.98 Å². The Kier molecular flexibility index (Phi) is 5.14. The van der Waals surface area contributed by atoms with Crippen molar-refractivity contribution < 1.29 is 27.4 Å². The Hall–Kier alpha value is -2.95. The molecule has 2 rings (SSSR count). The van der Waals surface area contributed by atoms with E-state index in [1.807, 2.05) is 0 Å². The fourth-order valence-electron chi connectivity index (χ4n) is 1.94. The highest BCUT2D eigenvalue weighted by Crippen LogP contribution is 2.33. The predicted octanol–water partition coefficient (Wildman–Crippen LogP) is 4.04. The molecule has 0 fully saturated rings. The van der Waals surface area contributed by atoms with Crippen LogP contribution >= 0.6 is 0 Å². The standard InChI is InChI=1S/C16H13F3N2O3/c1-10-6-7-11(2)21-15(10)22-8-12-13(23-9-20)4-3-5-14(12)24-16(17,18)19/h3-7H,8H2,1-2H3. The molecule has 2 aromatic rings. The number of hydrogen-bond donors (Lipinski definition) is 0. The monoisotopic (exact) mass is 338 g/mol. The third kappa shape index (κ3) is 4.52. The number of rotatable bonds is 5. The van der Waals surface area contributed by atoms with E-state index in [-0.39, 0.29) is 23.8 Å². The minimum Gasteiger partial charge on any atom is -0.472 e. The molecule has 0 aliphatic carbocycles. The lowest BCUT2D eigenvalue weighted by Crippen LogP contribution is -2.18. The van der Waals surface area contributed by atoms with Gasteiger partial charge in [0.05, 0.1) is 5.56 Å². The molecule has 0 unspecified atom stereocenters. The van der Waals surface area contributed by atoms with E-state index in [0.717, 1.165) is 11.6 Å². The molecular weight excluding hydrogens is 325 g/mol. The van der Waals surface area contributed by atoms with Crippen LogP contribution in [0.2, 0.25) is 0 Å². The van der Waals surface area contributed by atoms with Crippen molar-refractivity contribution in [1.29, 1.82) is 5.26 Å². The first kappa shape index (κ1) is 17.4. The van der Waals surface area contributed by atoms with Crippen LogP contribution in [0.1, 0.15) is 16.8 Å². The van der Waals surface area contributed by atoms with Gasteiger partial charge in [-0.2, -0.15) is 0 Å². The molecular formula is C16H13F3N2O3. The van der Waals surface area contributed by atoms with Gasteiger partial charge < -0.3 is 14.2 Å². The average Bonchev–Trinajstić information content (AvgIpc) is 2.48. The molecule has 24 heavy (non-hydrogen) atoms. The van der Waals surface area contributed by atoms with Gasteiger partial charge >= 0.3 is 6.36 Å². The van der Waals surface area contributed by atoms with Crippen molar-refractivity contribution >= 4 is 0 Å². The minimum absolute atomic E-state index is 0.0425. The molecule has 8 heteroatoms. The Morgan fingerprint density at radius 3 is 2.50 bits per heavy atom. The molecule has 0 amide bonds. The number of ether oxygens (including phenoxy) is 3. The minimum atomic E-state index is -4.88. The number of nitrogens with zero attached hydrogens (tertiary/aromatic N) is 2. The van der Waals surface area contributed by atoms with E-state index in [0.29, 0.717) is 5.69 Å². The van der Waals surface area contributed by atoms with Crippen LogP contribution in [0.5, 0.6) is 17.4 Å². The molecule has 0 aliphatic heterocycles. The lowest BCUT2D eigenvalue weighted by molar-refractivity contribution is -0.275. The second kappa shape index (κ2) is 7.08. The number of aromatic nitrogens is 1. The summed E-state index contributed by atoms with van der Waals surface area (Å²) in [5, 5.41) is 8.64. The average molecular weight is 338 g/mol. The van der Waals surface area contributed by atoms with Crippen molar-refractivity contribution in [1.82, 2.24) is 4.98 Å². The van der Waals surface area contributed by atoms with Crippen molar-refractivity contribution in [2.24, 2.45) is 0 Å². The summed E-state index contributed by atoms with van der Waals surface area (Å²) < 4.78 is 51.8. The number of hydrogen-bond acceptors (Lipinski definition) is 5. The molecule has 1 aromatic carbocycles. The van der Waals surface area contributed by atoms with Gasteiger partial charge in [0.15, 0.2) is 5.75 Å². The first-order valence-electron chi connectivity index (χ1n) is 6.81. The third-order valence-electron chi connectivity index (χ3n) is 3.01. The molecule has 0 bridgehead atoms. The highest BCUT2D eigenvalue weighted by atomic mass is 19.4. The molecule has 1 aromatic heterocycles. The molecule has 5 nitrogen and oxygen atoms in total. The third-order valence-corrected chi connectivity index (χ3v) is 3.01. The number of halogens is 3. The lowest BCUT2D eigenvalue weighted by atomic mass is 10.2. The van der Waals surface area contributed by atoms with Gasteiger partial charge in [-0.05, 0) is 32.0 Å². The molecule has 0 saturated carbocycles. The van der Waals surface area contributed by atoms with Crippen LogP contribution in [0.15, 0.2) is 30.3 Å². The molecule has 0 spiro atoms. The van der Waals surface area contributed by atoms with E-state index in [9.17, 15) is 13.2 Å². The molecule has 0 saturated heterocycles. The Balaban J connectivity index is 2.32. The Morgan fingerprint density at radius 2 is 1.83 bits per heavy atom. The number of aryl methyl sites for hydroxylation is 2. The van der Waals surface area contributed by atoms with Crippen LogP contribution in [0.4, 0.5) is 13.2 Å². The normalized spacial score (nSPS) is 10.8. The summed E-state index contributed by atoms with van der Waals surface area (Å²) in [5.74, 6) is -0.301. The topological polar surface area (TPSA) is 64.4 Å². The summed E-state index contributed by atoms with van der Waals surface area (Å²) in [6, 6.07) is 7.32. The molecule has 0 radical (unpaired) electrons. The van der Waals surface area contributed by atoms with Crippen LogP contribution in [-0.4, -0.2) is 11.3 Å². The maximum absolute atomic E-state index is 12.5.